The maximum absolute atomic E-state index is 14.0. The molecule has 4 aliphatic carbocycles. The van der Waals surface area contributed by atoms with Gasteiger partial charge in [0, 0.05) is 12.3 Å². The molecule has 0 saturated heterocycles. The van der Waals surface area contributed by atoms with Gasteiger partial charge < -0.3 is 14.6 Å². The molecule has 7 nitrogen and oxygen atoms in total. The summed E-state index contributed by atoms with van der Waals surface area (Å²) in [7, 11) is 1.24. The Hall–Kier alpha value is -2.02. The summed E-state index contributed by atoms with van der Waals surface area (Å²) in [6.45, 7) is 12.3. The SMILES string of the molecule is COC(=O)[C@@]12C(=O)[C@](C)(O)C(=O)[C@]1(C)C(C)=C[C@H]1[C@@H]3CC[C@H](OC(C)=O)C(C)(C)[C@H]3CC[C@@]12C. The minimum atomic E-state index is -2.26. The molecule has 0 aromatic rings. The lowest BCUT2D eigenvalue weighted by molar-refractivity contribution is -0.201. The molecule has 7 heteroatoms. The maximum Gasteiger partial charge on any atom is 0.321 e. The number of hydrogen-bond acceptors (Lipinski definition) is 7. The number of methoxy groups -OCH3 is 1. The van der Waals surface area contributed by atoms with Crippen molar-refractivity contribution in [3.8, 4) is 0 Å². The van der Waals surface area contributed by atoms with Gasteiger partial charge >= 0.3 is 11.9 Å². The third-order valence-electron chi connectivity index (χ3n) is 10.5. The third-order valence-corrected chi connectivity index (χ3v) is 10.5. The number of rotatable bonds is 2. The lowest BCUT2D eigenvalue weighted by atomic mass is 9.37. The van der Waals surface area contributed by atoms with Gasteiger partial charge in [0.1, 0.15) is 6.10 Å². The van der Waals surface area contributed by atoms with Gasteiger partial charge in [-0.05, 0) is 69.6 Å². The molecule has 0 bridgehead atoms. The molecule has 4 aliphatic rings. The lowest BCUT2D eigenvalue weighted by Crippen LogP contribution is -2.67. The molecule has 0 amide bonds. The molecular formula is C27H38O7. The second-order valence-electron chi connectivity index (χ2n) is 12.2. The van der Waals surface area contributed by atoms with Gasteiger partial charge in [-0.1, -0.05) is 32.4 Å². The number of aliphatic hydroxyl groups is 1. The van der Waals surface area contributed by atoms with Crippen molar-refractivity contribution in [1.82, 2.24) is 0 Å². The third kappa shape index (κ3) is 2.57. The van der Waals surface area contributed by atoms with Gasteiger partial charge in [-0.3, -0.25) is 19.2 Å². The number of ketones is 2. The van der Waals surface area contributed by atoms with Gasteiger partial charge in [-0.25, -0.2) is 0 Å². The van der Waals surface area contributed by atoms with E-state index in [4.69, 9.17) is 9.47 Å². The zero-order chi connectivity index (χ0) is 25.6. The van der Waals surface area contributed by atoms with Crippen LogP contribution in [0.15, 0.2) is 11.6 Å². The molecule has 0 radical (unpaired) electrons. The highest BCUT2D eigenvalue weighted by Crippen LogP contribution is 2.74. The molecule has 0 heterocycles. The molecule has 4 rings (SSSR count). The van der Waals surface area contributed by atoms with Crippen LogP contribution in [0.2, 0.25) is 0 Å². The van der Waals surface area contributed by atoms with Gasteiger partial charge in [0.05, 0.1) is 12.5 Å². The van der Waals surface area contributed by atoms with Crippen LogP contribution in [-0.2, 0) is 28.7 Å². The quantitative estimate of drug-likeness (QED) is 0.371. The highest BCUT2D eigenvalue weighted by atomic mass is 16.5. The maximum atomic E-state index is 14.0. The smallest absolute Gasteiger partial charge is 0.321 e. The van der Waals surface area contributed by atoms with Crippen molar-refractivity contribution in [2.24, 2.45) is 39.4 Å². The summed E-state index contributed by atoms with van der Waals surface area (Å²) in [5, 5.41) is 11.1. The first-order valence-corrected chi connectivity index (χ1v) is 12.3. The predicted octanol–water partition coefficient (Wildman–Crippen LogP) is 3.42. The molecule has 188 valence electrons. The Bertz CT molecular complexity index is 1010. The summed E-state index contributed by atoms with van der Waals surface area (Å²) in [6, 6.07) is 0. The fourth-order valence-electron chi connectivity index (χ4n) is 8.75. The molecule has 3 saturated carbocycles. The van der Waals surface area contributed by atoms with Gasteiger partial charge in [-0.15, -0.1) is 0 Å². The van der Waals surface area contributed by atoms with Crippen molar-refractivity contribution in [1.29, 1.82) is 0 Å². The minimum absolute atomic E-state index is 0.134. The number of hydrogen-bond donors (Lipinski definition) is 1. The zero-order valence-corrected chi connectivity index (χ0v) is 21.6. The van der Waals surface area contributed by atoms with E-state index < -0.39 is 39.4 Å². The summed E-state index contributed by atoms with van der Waals surface area (Å²) in [4.78, 5) is 53.1. The van der Waals surface area contributed by atoms with E-state index in [0.717, 1.165) is 6.42 Å². The summed E-state index contributed by atoms with van der Waals surface area (Å²) in [6.07, 6.45) is 4.60. The second-order valence-corrected chi connectivity index (χ2v) is 12.2. The van der Waals surface area contributed by atoms with E-state index in [1.54, 1.807) is 13.8 Å². The summed E-state index contributed by atoms with van der Waals surface area (Å²) < 4.78 is 11.0. The van der Waals surface area contributed by atoms with E-state index >= 15 is 0 Å². The Balaban J connectivity index is 1.92. The molecular weight excluding hydrogens is 436 g/mol. The molecule has 0 unspecified atom stereocenters. The number of allylic oxidation sites excluding steroid dienone is 2. The minimum Gasteiger partial charge on any atom is -0.468 e. The summed E-state index contributed by atoms with van der Waals surface area (Å²) in [5.41, 5.74) is -6.11. The van der Waals surface area contributed by atoms with Crippen LogP contribution in [0.25, 0.3) is 0 Å². The van der Waals surface area contributed by atoms with Crippen molar-refractivity contribution < 1.29 is 33.8 Å². The first-order valence-electron chi connectivity index (χ1n) is 12.3. The van der Waals surface area contributed by atoms with Gasteiger partial charge in [0.2, 0.25) is 0 Å². The molecule has 0 spiro atoms. The van der Waals surface area contributed by atoms with Crippen molar-refractivity contribution in [2.75, 3.05) is 7.11 Å². The molecule has 8 atom stereocenters. The zero-order valence-electron chi connectivity index (χ0n) is 21.6. The highest BCUT2D eigenvalue weighted by Gasteiger charge is 2.84. The number of carbonyl (C=O) groups is 4. The van der Waals surface area contributed by atoms with Crippen LogP contribution < -0.4 is 0 Å². The van der Waals surface area contributed by atoms with Crippen LogP contribution in [0.3, 0.4) is 0 Å². The van der Waals surface area contributed by atoms with E-state index in [1.807, 2.05) is 6.92 Å². The average molecular weight is 475 g/mol. The number of carbonyl (C=O) groups excluding carboxylic acids is 4. The monoisotopic (exact) mass is 474 g/mol. The Morgan fingerprint density at radius 1 is 1.03 bits per heavy atom. The van der Waals surface area contributed by atoms with Crippen molar-refractivity contribution in [3.63, 3.8) is 0 Å². The molecule has 0 aromatic heterocycles. The first-order chi connectivity index (χ1) is 15.6. The Morgan fingerprint density at radius 3 is 2.21 bits per heavy atom. The van der Waals surface area contributed by atoms with Crippen LogP contribution in [0, 0.1) is 39.4 Å². The van der Waals surface area contributed by atoms with Crippen molar-refractivity contribution >= 4 is 23.5 Å². The fraction of sp³-hybridized carbons (Fsp3) is 0.778. The average Bonchev–Trinajstić information content (AvgIpc) is 2.87. The van der Waals surface area contributed by atoms with Crippen molar-refractivity contribution in [3.05, 3.63) is 11.6 Å². The van der Waals surface area contributed by atoms with Crippen LogP contribution in [0.1, 0.15) is 74.1 Å². The van der Waals surface area contributed by atoms with E-state index in [2.05, 4.69) is 19.9 Å². The summed E-state index contributed by atoms with van der Waals surface area (Å²) >= 11 is 0. The van der Waals surface area contributed by atoms with Gasteiger partial charge in [0.15, 0.2) is 22.6 Å². The highest BCUT2D eigenvalue weighted by molar-refractivity contribution is 6.29. The number of ether oxygens (including phenoxy) is 2. The topological polar surface area (TPSA) is 107 Å². The van der Waals surface area contributed by atoms with Gasteiger partial charge in [0.25, 0.3) is 0 Å². The van der Waals surface area contributed by atoms with E-state index in [1.165, 1.54) is 21.0 Å². The normalized spacial score (nSPS) is 47.1. The van der Waals surface area contributed by atoms with Crippen LogP contribution >= 0.6 is 0 Å². The predicted molar refractivity (Wildman–Crippen MR) is 123 cm³/mol. The molecule has 34 heavy (non-hydrogen) atoms. The second kappa shape index (κ2) is 7.25. The van der Waals surface area contributed by atoms with E-state index in [0.29, 0.717) is 24.8 Å². The number of Topliss-reactive ketones (excluding diaryl/α,β-unsaturated/α-hetero) is 2. The van der Waals surface area contributed by atoms with Crippen molar-refractivity contribution in [2.45, 2.75) is 85.9 Å². The molecule has 0 aromatic carbocycles. The van der Waals surface area contributed by atoms with E-state index in [-0.39, 0.29) is 35.2 Å². The Morgan fingerprint density at radius 2 is 1.65 bits per heavy atom. The van der Waals surface area contributed by atoms with E-state index in [9.17, 15) is 24.3 Å². The van der Waals surface area contributed by atoms with Crippen LogP contribution in [0.4, 0.5) is 0 Å². The lowest BCUT2D eigenvalue weighted by Gasteiger charge is -2.64. The number of esters is 2. The van der Waals surface area contributed by atoms with Crippen LogP contribution in [0.5, 0.6) is 0 Å². The molecule has 0 aliphatic heterocycles. The van der Waals surface area contributed by atoms with Crippen LogP contribution in [-0.4, -0.2) is 47.4 Å². The fourth-order valence-corrected chi connectivity index (χ4v) is 8.75. The molecule has 1 N–H and O–H groups in total. The Labute approximate surface area is 201 Å². The summed E-state index contributed by atoms with van der Waals surface area (Å²) in [5.74, 6) is -2.23. The number of fused-ring (bicyclic) bond motifs is 5. The largest absolute Gasteiger partial charge is 0.468 e. The van der Waals surface area contributed by atoms with Gasteiger partial charge in [-0.2, -0.15) is 0 Å². The molecule has 3 fully saturated rings. The standard InChI is InChI=1S/C27H38O7/c1-14-13-18-16-9-10-19(34-15(2)28)23(3,4)17(16)11-12-24(18,5)27(22(31)33-8)21(30)26(7,32)20(29)25(14,27)6/h13,16-19,32H,9-12H2,1-8H3/t16-,17+,18+,19+,24+,25+,26-,27-/m1/s1. The Kier molecular flexibility index (Phi) is 5.35. The first kappa shape index (κ1) is 25.1.